The summed E-state index contributed by atoms with van der Waals surface area (Å²) in [4.78, 5) is 59.0. The van der Waals surface area contributed by atoms with Crippen LogP contribution in [0.15, 0.2) is 53.7 Å². The van der Waals surface area contributed by atoms with Crippen LogP contribution in [0.4, 0.5) is 21.0 Å². The Bertz CT molecular complexity index is 1120. The van der Waals surface area contributed by atoms with Crippen molar-refractivity contribution in [1.29, 1.82) is 0 Å². The summed E-state index contributed by atoms with van der Waals surface area (Å²) in [5, 5.41) is 13.7. The van der Waals surface area contributed by atoms with Gasteiger partial charge >= 0.3 is 12.2 Å². The number of carbonyl (C=O) groups excluding carboxylic acids is 4. The maximum atomic E-state index is 13.0. The van der Waals surface area contributed by atoms with Gasteiger partial charge in [0.1, 0.15) is 24.1 Å². The lowest BCUT2D eigenvalue weighted by molar-refractivity contribution is -0.128. The Hall–Kier alpha value is -4.52. The van der Waals surface area contributed by atoms with E-state index in [0.717, 1.165) is 0 Å². The SMILES string of the molecule is CN[C@H](C(=O)N[C@@H](CCCNC(N)=O)C(=O)Nc1ccc(COC(=O)Oc2ccc(N=O)cc2)cc1)C(C)C. The Balaban J connectivity index is 1.94. The number of rotatable bonds is 14. The van der Waals surface area contributed by atoms with E-state index in [9.17, 15) is 24.1 Å². The number of anilines is 1. The van der Waals surface area contributed by atoms with Crippen LogP contribution in [0.5, 0.6) is 5.75 Å². The van der Waals surface area contributed by atoms with Gasteiger partial charge in [0.25, 0.3) is 0 Å². The minimum absolute atomic E-state index is 0.00240. The van der Waals surface area contributed by atoms with E-state index < -0.39 is 30.2 Å². The molecule has 0 radical (unpaired) electrons. The molecule has 2 rings (SSSR count). The van der Waals surface area contributed by atoms with Crippen LogP contribution < -0.4 is 31.7 Å². The van der Waals surface area contributed by atoms with E-state index in [-0.39, 0.29) is 42.8 Å². The molecular weight excluding hydrogens is 508 g/mol. The van der Waals surface area contributed by atoms with Crippen molar-refractivity contribution < 1.29 is 28.7 Å². The van der Waals surface area contributed by atoms with E-state index in [1.807, 2.05) is 13.8 Å². The smallest absolute Gasteiger partial charge is 0.429 e. The van der Waals surface area contributed by atoms with Crippen molar-refractivity contribution in [3.63, 3.8) is 0 Å². The highest BCUT2D eigenvalue weighted by Gasteiger charge is 2.26. The first-order chi connectivity index (χ1) is 18.6. The topological polar surface area (TPSA) is 190 Å². The maximum Gasteiger partial charge on any atom is 0.514 e. The molecule has 39 heavy (non-hydrogen) atoms. The average Bonchev–Trinajstić information content (AvgIpc) is 2.90. The molecule has 0 aliphatic rings. The molecule has 2 aromatic carbocycles. The molecule has 4 amide bonds. The lowest BCUT2D eigenvalue weighted by atomic mass is 10.0. The van der Waals surface area contributed by atoms with Crippen molar-refractivity contribution in [1.82, 2.24) is 16.0 Å². The van der Waals surface area contributed by atoms with Gasteiger partial charge in [-0.3, -0.25) is 9.59 Å². The van der Waals surface area contributed by atoms with Crippen molar-refractivity contribution >= 4 is 35.4 Å². The number of nitroso groups, excluding NO2 is 1. The van der Waals surface area contributed by atoms with Crippen LogP contribution >= 0.6 is 0 Å². The van der Waals surface area contributed by atoms with Crippen LogP contribution in [-0.2, 0) is 20.9 Å². The van der Waals surface area contributed by atoms with Gasteiger partial charge in [0.05, 0.1) is 6.04 Å². The van der Waals surface area contributed by atoms with Gasteiger partial charge in [0, 0.05) is 12.2 Å². The Kier molecular flexibility index (Phi) is 12.3. The molecule has 0 aliphatic carbocycles. The highest BCUT2D eigenvalue weighted by molar-refractivity contribution is 5.97. The number of hydrogen-bond donors (Lipinski definition) is 5. The number of likely N-dealkylation sites (N-methyl/N-ethyl adjacent to an activating group) is 1. The van der Waals surface area contributed by atoms with Crippen LogP contribution in [-0.4, -0.2) is 49.7 Å². The van der Waals surface area contributed by atoms with Gasteiger partial charge in [-0.05, 0) is 72.9 Å². The second kappa shape index (κ2) is 15.7. The number of nitrogens with two attached hydrogens (primary N) is 1. The predicted octanol–water partition coefficient (Wildman–Crippen LogP) is 2.92. The average molecular weight is 543 g/mol. The Labute approximate surface area is 226 Å². The summed E-state index contributed by atoms with van der Waals surface area (Å²) in [5.74, 6) is -0.537. The van der Waals surface area contributed by atoms with E-state index in [1.54, 1.807) is 31.3 Å². The molecule has 2 atom stereocenters. The summed E-state index contributed by atoms with van der Waals surface area (Å²) in [6.07, 6.45) is -0.239. The van der Waals surface area contributed by atoms with E-state index in [0.29, 0.717) is 17.7 Å². The molecule has 6 N–H and O–H groups in total. The molecule has 0 aliphatic heterocycles. The number of benzene rings is 2. The summed E-state index contributed by atoms with van der Waals surface area (Å²) in [7, 11) is 1.67. The number of nitrogens with zero attached hydrogens (tertiary/aromatic N) is 1. The van der Waals surface area contributed by atoms with Crippen molar-refractivity contribution in [3.05, 3.63) is 59.0 Å². The fraction of sp³-hybridized carbons (Fsp3) is 0.385. The van der Waals surface area contributed by atoms with Crippen LogP contribution in [0.1, 0.15) is 32.3 Å². The standard InChI is InChI=1S/C26H34N6O7/c1-16(2)22(28-3)24(34)31-21(5-4-14-29-25(27)35)23(33)30-18-8-6-17(7-9-18)15-38-26(36)39-20-12-10-19(32-37)11-13-20/h6-13,16,21-22,28H,4-5,14-15H2,1-3H3,(H,30,33)(H,31,34)(H3,27,29,35)/t21-,22-/m0/s1. The Morgan fingerprint density at radius 3 is 2.21 bits per heavy atom. The number of nitrogens with one attached hydrogen (secondary N) is 4. The van der Waals surface area contributed by atoms with Gasteiger partial charge in [0.2, 0.25) is 11.8 Å². The van der Waals surface area contributed by atoms with Gasteiger partial charge in [-0.1, -0.05) is 26.0 Å². The van der Waals surface area contributed by atoms with Crippen molar-refractivity contribution in [2.24, 2.45) is 16.8 Å². The summed E-state index contributed by atoms with van der Waals surface area (Å²) < 4.78 is 10.1. The largest absolute Gasteiger partial charge is 0.514 e. The van der Waals surface area contributed by atoms with Crippen molar-refractivity contribution in [3.8, 4) is 5.75 Å². The first kappa shape index (κ1) is 30.7. The fourth-order valence-electron chi connectivity index (χ4n) is 3.57. The third-order valence-corrected chi connectivity index (χ3v) is 5.58. The summed E-state index contributed by atoms with van der Waals surface area (Å²) in [6.45, 7) is 3.96. The summed E-state index contributed by atoms with van der Waals surface area (Å²) >= 11 is 0. The number of hydrogen-bond acceptors (Lipinski definition) is 9. The zero-order chi connectivity index (χ0) is 28.8. The molecule has 210 valence electrons. The molecule has 0 unspecified atom stereocenters. The molecule has 2 aromatic rings. The van der Waals surface area contributed by atoms with E-state index >= 15 is 0 Å². The third-order valence-electron chi connectivity index (χ3n) is 5.58. The van der Waals surface area contributed by atoms with E-state index in [4.69, 9.17) is 15.2 Å². The Morgan fingerprint density at radius 2 is 1.64 bits per heavy atom. The number of ether oxygens (including phenoxy) is 2. The molecular formula is C26H34N6O7. The van der Waals surface area contributed by atoms with Crippen LogP contribution in [0.3, 0.4) is 0 Å². The van der Waals surface area contributed by atoms with Crippen molar-refractivity contribution in [2.75, 3.05) is 18.9 Å². The first-order valence-corrected chi connectivity index (χ1v) is 12.3. The normalized spacial score (nSPS) is 12.1. The van der Waals surface area contributed by atoms with Gasteiger partial charge in [-0.2, -0.15) is 0 Å². The minimum atomic E-state index is -0.926. The molecule has 0 saturated heterocycles. The monoisotopic (exact) mass is 542 g/mol. The van der Waals surface area contributed by atoms with Crippen LogP contribution in [0.25, 0.3) is 0 Å². The van der Waals surface area contributed by atoms with Gasteiger partial charge in [-0.15, -0.1) is 4.91 Å². The summed E-state index contributed by atoms with van der Waals surface area (Å²) in [5.41, 5.74) is 6.40. The van der Waals surface area contributed by atoms with Crippen LogP contribution in [0, 0.1) is 10.8 Å². The molecule has 0 fully saturated rings. The number of carbonyl (C=O) groups is 4. The quantitative estimate of drug-likeness (QED) is 0.104. The number of urea groups is 1. The Morgan fingerprint density at radius 1 is 0.974 bits per heavy atom. The fourth-order valence-corrected chi connectivity index (χ4v) is 3.57. The summed E-state index contributed by atoms with van der Waals surface area (Å²) in [6, 6.07) is 10.2. The first-order valence-electron chi connectivity index (χ1n) is 12.3. The van der Waals surface area contributed by atoms with Crippen LogP contribution in [0.2, 0.25) is 0 Å². The predicted molar refractivity (Wildman–Crippen MR) is 144 cm³/mol. The molecule has 0 spiro atoms. The van der Waals surface area contributed by atoms with E-state index in [2.05, 4.69) is 26.4 Å². The minimum Gasteiger partial charge on any atom is -0.429 e. The molecule has 13 heteroatoms. The number of amides is 4. The molecule has 0 aromatic heterocycles. The highest BCUT2D eigenvalue weighted by atomic mass is 16.7. The third kappa shape index (κ3) is 10.8. The number of primary amides is 1. The molecule has 13 nitrogen and oxygen atoms in total. The highest BCUT2D eigenvalue weighted by Crippen LogP contribution is 2.18. The lowest BCUT2D eigenvalue weighted by Gasteiger charge is -2.24. The zero-order valence-electron chi connectivity index (χ0n) is 22.1. The maximum absolute atomic E-state index is 13.0. The molecule has 0 heterocycles. The van der Waals surface area contributed by atoms with Crippen molar-refractivity contribution in [2.45, 2.75) is 45.4 Å². The second-order valence-corrected chi connectivity index (χ2v) is 8.92. The van der Waals surface area contributed by atoms with Gasteiger partial charge in [0.15, 0.2) is 0 Å². The van der Waals surface area contributed by atoms with Gasteiger partial charge in [-0.25, -0.2) is 9.59 Å². The zero-order valence-corrected chi connectivity index (χ0v) is 22.1. The lowest BCUT2D eigenvalue weighted by Crippen LogP contribution is -2.52. The van der Waals surface area contributed by atoms with Gasteiger partial charge < -0.3 is 36.5 Å². The second-order valence-electron chi connectivity index (χ2n) is 8.92. The van der Waals surface area contributed by atoms with E-state index in [1.165, 1.54) is 24.3 Å². The molecule has 0 saturated carbocycles. The molecule has 0 bridgehead atoms.